The van der Waals surface area contributed by atoms with Gasteiger partial charge in [0.25, 0.3) is 0 Å². The fourth-order valence-corrected chi connectivity index (χ4v) is 1.40. The summed E-state index contributed by atoms with van der Waals surface area (Å²) >= 11 is 0. The predicted octanol–water partition coefficient (Wildman–Crippen LogP) is 0.882. The highest BCUT2D eigenvalue weighted by Gasteiger charge is 2.30. The number of carboxylic acids is 1. The molecule has 0 fully saturated rings. The van der Waals surface area contributed by atoms with E-state index in [4.69, 9.17) is 5.11 Å². The number of rotatable bonds is 5. The van der Waals surface area contributed by atoms with Crippen molar-refractivity contribution in [1.82, 2.24) is 10.6 Å². The topological polar surface area (TPSA) is 98.7 Å². The number of nitrogens with one attached hydrogen (secondary N) is 2. The van der Waals surface area contributed by atoms with Crippen molar-refractivity contribution in [2.45, 2.75) is 25.5 Å². The molecule has 0 heterocycles. The number of carboxylic acid groups (broad SMARTS) is 1. The molecule has 104 valence electrons. The molecule has 0 bridgehead atoms. The largest absolute Gasteiger partial charge is 0.479 e. The Morgan fingerprint density at radius 1 is 1.32 bits per heavy atom. The molecule has 2 atom stereocenters. The molecular weight excluding hydrogens is 248 g/mol. The monoisotopic (exact) mass is 266 g/mol. The zero-order chi connectivity index (χ0) is 14.5. The molecule has 19 heavy (non-hydrogen) atoms. The Bertz CT molecular complexity index is 445. The van der Waals surface area contributed by atoms with Crippen molar-refractivity contribution >= 4 is 12.0 Å². The van der Waals surface area contributed by atoms with E-state index in [0.717, 1.165) is 12.5 Å². The van der Waals surface area contributed by atoms with Crippen molar-refractivity contribution in [3.05, 3.63) is 35.9 Å². The van der Waals surface area contributed by atoms with Gasteiger partial charge in [-0.15, -0.1) is 0 Å². The smallest absolute Gasteiger partial charge is 0.337 e. The average Bonchev–Trinajstić information content (AvgIpc) is 2.37. The highest BCUT2D eigenvalue weighted by atomic mass is 16.4. The number of benzene rings is 1. The fourth-order valence-electron chi connectivity index (χ4n) is 1.40. The summed E-state index contributed by atoms with van der Waals surface area (Å²) in [7, 11) is 0. The van der Waals surface area contributed by atoms with Gasteiger partial charge in [-0.25, -0.2) is 9.59 Å². The maximum Gasteiger partial charge on any atom is 0.337 e. The second kappa shape index (κ2) is 6.19. The van der Waals surface area contributed by atoms with Crippen LogP contribution in [-0.4, -0.2) is 34.4 Å². The summed E-state index contributed by atoms with van der Waals surface area (Å²) in [6, 6.07) is 8.60. The van der Waals surface area contributed by atoms with E-state index in [-0.39, 0.29) is 12.6 Å². The van der Waals surface area contributed by atoms with E-state index < -0.39 is 17.6 Å². The minimum absolute atomic E-state index is 0.212. The first-order valence-electron chi connectivity index (χ1n) is 5.88. The summed E-state index contributed by atoms with van der Waals surface area (Å²) in [6.45, 7) is 2.57. The van der Waals surface area contributed by atoms with Gasteiger partial charge in [0.1, 0.15) is 0 Å². The van der Waals surface area contributed by atoms with Crippen molar-refractivity contribution < 1.29 is 19.8 Å². The molecule has 0 saturated carbocycles. The fraction of sp³-hybridized carbons (Fsp3) is 0.385. The third-order valence-electron chi connectivity index (χ3n) is 2.70. The van der Waals surface area contributed by atoms with E-state index in [9.17, 15) is 14.7 Å². The van der Waals surface area contributed by atoms with Crippen LogP contribution in [0.25, 0.3) is 0 Å². The van der Waals surface area contributed by atoms with Gasteiger partial charge < -0.3 is 20.8 Å². The van der Waals surface area contributed by atoms with Crippen LogP contribution in [0.5, 0.6) is 0 Å². The summed E-state index contributed by atoms with van der Waals surface area (Å²) in [4.78, 5) is 22.2. The first-order valence-corrected chi connectivity index (χ1v) is 5.88. The van der Waals surface area contributed by atoms with Crippen LogP contribution in [0.4, 0.5) is 4.79 Å². The Kier molecular flexibility index (Phi) is 4.88. The van der Waals surface area contributed by atoms with Gasteiger partial charge in [-0.2, -0.15) is 0 Å². The summed E-state index contributed by atoms with van der Waals surface area (Å²) in [6.07, 6.45) is 0. The van der Waals surface area contributed by atoms with Crippen LogP contribution in [0.2, 0.25) is 0 Å². The van der Waals surface area contributed by atoms with Gasteiger partial charge in [0.05, 0.1) is 12.6 Å². The average molecular weight is 266 g/mol. The van der Waals surface area contributed by atoms with E-state index in [1.807, 2.05) is 37.3 Å². The van der Waals surface area contributed by atoms with E-state index in [1.54, 1.807) is 0 Å². The van der Waals surface area contributed by atoms with Crippen LogP contribution in [0, 0.1) is 0 Å². The number of carbonyl (C=O) groups excluding carboxylic acids is 1. The number of hydrogen-bond acceptors (Lipinski definition) is 3. The summed E-state index contributed by atoms with van der Waals surface area (Å²) in [5.74, 6) is -1.39. The molecule has 0 aliphatic heterocycles. The number of amides is 2. The Balaban J connectivity index is 2.46. The van der Waals surface area contributed by atoms with E-state index in [1.165, 1.54) is 0 Å². The quantitative estimate of drug-likeness (QED) is 0.636. The molecule has 4 N–H and O–H groups in total. The van der Waals surface area contributed by atoms with E-state index >= 15 is 0 Å². The molecule has 0 aromatic heterocycles. The molecule has 6 heteroatoms. The summed E-state index contributed by atoms with van der Waals surface area (Å²) in [5, 5.41) is 23.1. The molecule has 2 amide bonds. The highest BCUT2D eigenvalue weighted by molar-refractivity contribution is 5.79. The second-order valence-corrected chi connectivity index (χ2v) is 4.54. The second-order valence-electron chi connectivity index (χ2n) is 4.54. The van der Waals surface area contributed by atoms with Crippen LogP contribution in [0.1, 0.15) is 25.5 Å². The Hall–Kier alpha value is -2.08. The van der Waals surface area contributed by atoms with E-state index in [2.05, 4.69) is 10.6 Å². The Labute approximate surface area is 111 Å². The highest BCUT2D eigenvalue weighted by Crippen LogP contribution is 2.10. The van der Waals surface area contributed by atoms with Gasteiger partial charge in [-0.3, -0.25) is 0 Å². The molecule has 6 nitrogen and oxygen atoms in total. The zero-order valence-corrected chi connectivity index (χ0v) is 10.9. The third-order valence-corrected chi connectivity index (χ3v) is 2.70. The zero-order valence-electron chi connectivity index (χ0n) is 10.9. The molecule has 0 saturated heterocycles. The van der Waals surface area contributed by atoms with Gasteiger partial charge in [0.2, 0.25) is 0 Å². The standard InChI is InChI=1S/C13H18N2O4/c1-9(10-6-4-3-5-7-10)15-12(18)14-8-13(2,19)11(16)17/h3-7,9,19H,8H2,1-2H3,(H,16,17)(H2,14,15,18). The molecule has 1 aromatic rings. The lowest BCUT2D eigenvalue weighted by molar-refractivity contribution is -0.155. The summed E-state index contributed by atoms with van der Waals surface area (Å²) in [5.41, 5.74) is -1.05. The number of aliphatic hydroxyl groups is 1. The number of carbonyl (C=O) groups is 2. The van der Waals surface area contributed by atoms with Crippen molar-refractivity contribution in [3.8, 4) is 0 Å². The normalized spacial score (nSPS) is 15.1. The minimum atomic E-state index is -1.98. The molecule has 0 aliphatic rings. The molecular formula is C13H18N2O4. The number of hydrogen-bond donors (Lipinski definition) is 4. The minimum Gasteiger partial charge on any atom is -0.479 e. The third kappa shape index (κ3) is 4.59. The van der Waals surface area contributed by atoms with Gasteiger partial charge in [-0.1, -0.05) is 30.3 Å². The van der Waals surface area contributed by atoms with Crippen LogP contribution in [0.3, 0.4) is 0 Å². The Morgan fingerprint density at radius 3 is 2.42 bits per heavy atom. The van der Waals surface area contributed by atoms with Crippen molar-refractivity contribution in [2.75, 3.05) is 6.54 Å². The first kappa shape index (κ1) is 15.0. The summed E-state index contributed by atoms with van der Waals surface area (Å²) < 4.78 is 0. The number of urea groups is 1. The molecule has 0 spiro atoms. The van der Waals surface area contributed by atoms with E-state index in [0.29, 0.717) is 0 Å². The first-order chi connectivity index (χ1) is 8.83. The predicted molar refractivity (Wildman–Crippen MR) is 69.7 cm³/mol. The molecule has 1 rings (SSSR count). The Morgan fingerprint density at radius 2 is 1.89 bits per heavy atom. The maximum atomic E-state index is 11.6. The van der Waals surface area contributed by atoms with Crippen LogP contribution in [-0.2, 0) is 4.79 Å². The van der Waals surface area contributed by atoms with Gasteiger partial charge in [0, 0.05) is 0 Å². The SMILES string of the molecule is CC(NC(=O)NCC(C)(O)C(=O)O)c1ccccc1. The lowest BCUT2D eigenvalue weighted by Gasteiger charge is -2.20. The number of aliphatic carboxylic acids is 1. The van der Waals surface area contributed by atoms with Gasteiger partial charge >= 0.3 is 12.0 Å². The van der Waals surface area contributed by atoms with Crippen LogP contribution < -0.4 is 10.6 Å². The molecule has 1 aromatic carbocycles. The maximum absolute atomic E-state index is 11.6. The van der Waals surface area contributed by atoms with Crippen LogP contribution >= 0.6 is 0 Å². The van der Waals surface area contributed by atoms with Gasteiger partial charge in [0.15, 0.2) is 5.60 Å². The molecule has 0 aliphatic carbocycles. The van der Waals surface area contributed by atoms with Crippen molar-refractivity contribution in [2.24, 2.45) is 0 Å². The van der Waals surface area contributed by atoms with Crippen molar-refractivity contribution in [3.63, 3.8) is 0 Å². The van der Waals surface area contributed by atoms with Crippen LogP contribution in [0.15, 0.2) is 30.3 Å². The lowest BCUT2D eigenvalue weighted by atomic mass is 10.1. The lowest BCUT2D eigenvalue weighted by Crippen LogP contribution is -2.49. The molecule has 0 radical (unpaired) electrons. The van der Waals surface area contributed by atoms with Gasteiger partial charge in [-0.05, 0) is 19.4 Å². The van der Waals surface area contributed by atoms with Crippen molar-refractivity contribution in [1.29, 1.82) is 0 Å². The molecule has 2 unspecified atom stereocenters.